The van der Waals surface area contributed by atoms with Crippen molar-refractivity contribution in [1.29, 1.82) is 0 Å². The Bertz CT molecular complexity index is 3010. The van der Waals surface area contributed by atoms with Crippen molar-refractivity contribution in [3.8, 4) is 66.8 Å². The molecule has 0 saturated carbocycles. The number of rotatable bonds is 2. The van der Waals surface area contributed by atoms with Crippen molar-refractivity contribution in [3.63, 3.8) is 0 Å². The van der Waals surface area contributed by atoms with Gasteiger partial charge in [0.2, 0.25) is 0 Å². The van der Waals surface area contributed by atoms with Gasteiger partial charge in [-0.1, -0.05) is 182 Å². The maximum absolute atomic E-state index is 2.45. The maximum atomic E-state index is 2.45. The minimum atomic E-state index is 1.23. The molecule has 0 heterocycles. The van der Waals surface area contributed by atoms with Gasteiger partial charge in [0.1, 0.15) is 0 Å². The van der Waals surface area contributed by atoms with E-state index < -0.39 is 0 Å². The first-order valence-corrected chi connectivity index (χ1v) is 18.1. The van der Waals surface area contributed by atoms with Crippen LogP contribution in [0.1, 0.15) is 0 Å². The van der Waals surface area contributed by atoms with Gasteiger partial charge in [0.25, 0.3) is 0 Å². The molecule has 0 aromatic heterocycles. The second-order valence-corrected chi connectivity index (χ2v) is 14.0. The molecule has 0 heteroatoms. The molecular formula is C52H32. The smallest absolute Gasteiger partial charge is 0.00261 e. The molecule has 240 valence electrons. The summed E-state index contributed by atoms with van der Waals surface area (Å²) in [7, 11) is 0. The molecule has 0 spiro atoms. The van der Waals surface area contributed by atoms with Crippen LogP contribution in [0.3, 0.4) is 0 Å². The van der Waals surface area contributed by atoms with Gasteiger partial charge in [-0.3, -0.25) is 0 Å². The Morgan fingerprint density at radius 3 is 1.06 bits per heavy atom. The molecule has 0 amide bonds. The molecular weight excluding hydrogens is 625 g/mol. The van der Waals surface area contributed by atoms with E-state index >= 15 is 0 Å². The highest BCUT2D eigenvalue weighted by molar-refractivity contribution is 6.22. The van der Waals surface area contributed by atoms with Crippen LogP contribution in [0.15, 0.2) is 194 Å². The fraction of sp³-hybridized carbons (Fsp3) is 0. The zero-order valence-corrected chi connectivity index (χ0v) is 28.5. The summed E-state index contributed by atoms with van der Waals surface area (Å²) in [5, 5.41) is 10.2. The average molecular weight is 657 g/mol. The molecule has 0 saturated heterocycles. The molecule has 0 aliphatic heterocycles. The lowest BCUT2D eigenvalue weighted by molar-refractivity contribution is 1.52. The molecule has 1 aliphatic carbocycles. The first-order valence-electron chi connectivity index (χ1n) is 18.1. The molecule has 0 radical (unpaired) electrons. The summed E-state index contributed by atoms with van der Waals surface area (Å²) in [5.74, 6) is 0. The lowest BCUT2D eigenvalue weighted by Gasteiger charge is -2.24. The fourth-order valence-corrected chi connectivity index (χ4v) is 8.94. The van der Waals surface area contributed by atoms with Crippen LogP contribution < -0.4 is 0 Å². The van der Waals surface area contributed by atoms with Crippen LogP contribution in [0.25, 0.3) is 110 Å². The highest BCUT2D eigenvalue weighted by Crippen LogP contribution is 2.50. The third-order valence-electron chi connectivity index (χ3n) is 11.2. The zero-order valence-electron chi connectivity index (χ0n) is 28.5. The minimum Gasteiger partial charge on any atom is -0.0616 e. The molecule has 10 aromatic rings. The summed E-state index contributed by atoms with van der Waals surface area (Å²) in [6.45, 7) is 0. The van der Waals surface area contributed by atoms with Crippen molar-refractivity contribution in [2.75, 3.05) is 0 Å². The molecule has 0 bridgehead atoms. The Morgan fingerprint density at radius 1 is 0.192 bits per heavy atom. The van der Waals surface area contributed by atoms with Crippen LogP contribution in [0.4, 0.5) is 0 Å². The van der Waals surface area contributed by atoms with Gasteiger partial charge in [-0.05, 0) is 122 Å². The molecule has 52 heavy (non-hydrogen) atoms. The summed E-state index contributed by atoms with van der Waals surface area (Å²) in [4.78, 5) is 0. The van der Waals surface area contributed by atoms with Crippen LogP contribution in [-0.2, 0) is 0 Å². The van der Waals surface area contributed by atoms with Gasteiger partial charge in [0.15, 0.2) is 0 Å². The number of benzene rings is 10. The van der Waals surface area contributed by atoms with Crippen LogP contribution >= 0.6 is 0 Å². The Hall–Kier alpha value is -6.76. The molecule has 0 nitrogen and oxygen atoms in total. The van der Waals surface area contributed by atoms with Gasteiger partial charge < -0.3 is 0 Å². The quantitative estimate of drug-likeness (QED) is 0.128. The molecule has 0 atom stereocenters. The molecule has 1 aliphatic rings. The second kappa shape index (κ2) is 11.4. The van der Waals surface area contributed by atoms with E-state index in [0.29, 0.717) is 0 Å². The van der Waals surface area contributed by atoms with E-state index in [1.54, 1.807) is 0 Å². The summed E-state index contributed by atoms with van der Waals surface area (Å²) in [6, 6.07) is 72.0. The van der Waals surface area contributed by atoms with Crippen molar-refractivity contribution in [1.82, 2.24) is 0 Å². The third-order valence-corrected chi connectivity index (χ3v) is 11.2. The highest BCUT2D eigenvalue weighted by Gasteiger charge is 2.23. The van der Waals surface area contributed by atoms with E-state index in [9.17, 15) is 0 Å². The van der Waals surface area contributed by atoms with E-state index in [4.69, 9.17) is 0 Å². The van der Waals surface area contributed by atoms with Crippen LogP contribution in [-0.4, -0.2) is 0 Å². The van der Waals surface area contributed by atoms with E-state index in [0.717, 1.165) is 0 Å². The summed E-state index contributed by atoms with van der Waals surface area (Å²) < 4.78 is 0. The molecule has 0 N–H and O–H groups in total. The standard InChI is InChI=1S/C52H32/c1-2-14-37-33(13-1)25-26-34-31-35(27-29-38(34)37)51-46-21-9-11-23-48(46)52(49-24-12-10-22-47(49)51)36-28-30-45-43-19-6-5-17-41(43)39-15-3-4-16-40(39)42-18-7-8-20-44(42)50(45)32-36/h1-32H. The lowest BCUT2D eigenvalue weighted by atomic mass is 9.79. The SMILES string of the molecule is c1ccc2c(c1)-c1ccccc1-c1ccc(-c3c4ccccc4c(-c4ccc5c(ccc6ccccc65)c4)c4ccccc34)cc1-c1ccccc1-2. The normalized spacial score (nSPS) is 11.8. The Balaban J connectivity index is 1.19. The van der Waals surface area contributed by atoms with Gasteiger partial charge in [0.05, 0.1) is 0 Å². The van der Waals surface area contributed by atoms with Crippen LogP contribution in [0.2, 0.25) is 0 Å². The average Bonchev–Trinajstić information content (AvgIpc) is 3.22. The van der Waals surface area contributed by atoms with Gasteiger partial charge in [0, 0.05) is 0 Å². The number of hydrogen-bond donors (Lipinski definition) is 0. The minimum absolute atomic E-state index is 1.23. The number of hydrogen-bond acceptors (Lipinski definition) is 0. The Labute approximate surface area is 302 Å². The molecule has 10 aromatic carbocycles. The first kappa shape index (κ1) is 29.0. The van der Waals surface area contributed by atoms with Gasteiger partial charge in [-0.2, -0.15) is 0 Å². The Morgan fingerprint density at radius 2 is 0.538 bits per heavy atom. The van der Waals surface area contributed by atoms with E-state index in [1.807, 2.05) is 0 Å². The molecule has 0 unspecified atom stereocenters. The lowest BCUT2D eigenvalue weighted by Crippen LogP contribution is -1.97. The monoisotopic (exact) mass is 656 g/mol. The van der Waals surface area contributed by atoms with Gasteiger partial charge >= 0.3 is 0 Å². The second-order valence-electron chi connectivity index (χ2n) is 14.0. The van der Waals surface area contributed by atoms with Crippen LogP contribution in [0, 0.1) is 0 Å². The summed E-state index contributed by atoms with van der Waals surface area (Å²) >= 11 is 0. The van der Waals surface area contributed by atoms with E-state index in [-0.39, 0.29) is 0 Å². The summed E-state index contributed by atoms with van der Waals surface area (Å²) in [5.41, 5.74) is 15.1. The highest BCUT2D eigenvalue weighted by atomic mass is 14.3. The van der Waals surface area contributed by atoms with E-state index in [2.05, 4.69) is 194 Å². The van der Waals surface area contributed by atoms with Gasteiger partial charge in [-0.15, -0.1) is 0 Å². The summed E-state index contributed by atoms with van der Waals surface area (Å²) in [6.07, 6.45) is 0. The third kappa shape index (κ3) is 4.28. The predicted octanol–water partition coefficient (Wildman–Crippen LogP) is 14.6. The van der Waals surface area contributed by atoms with E-state index in [1.165, 1.54) is 110 Å². The van der Waals surface area contributed by atoms with Crippen molar-refractivity contribution in [3.05, 3.63) is 194 Å². The number of fused-ring (bicyclic) bond motifs is 13. The largest absolute Gasteiger partial charge is 0.0616 e. The molecule has 0 fully saturated rings. The Kier molecular flexibility index (Phi) is 6.35. The fourth-order valence-electron chi connectivity index (χ4n) is 8.94. The van der Waals surface area contributed by atoms with Gasteiger partial charge in [-0.25, -0.2) is 0 Å². The van der Waals surface area contributed by atoms with Crippen molar-refractivity contribution in [2.45, 2.75) is 0 Å². The maximum Gasteiger partial charge on any atom is -0.00261 e. The van der Waals surface area contributed by atoms with Crippen molar-refractivity contribution < 1.29 is 0 Å². The van der Waals surface area contributed by atoms with Crippen LogP contribution in [0.5, 0.6) is 0 Å². The van der Waals surface area contributed by atoms with Crippen molar-refractivity contribution in [2.24, 2.45) is 0 Å². The first-order chi connectivity index (χ1) is 25.8. The van der Waals surface area contributed by atoms with Crippen molar-refractivity contribution >= 4 is 43.1 Å². The topological polar surface area (TPSA) is 0 Å². The molecule has 11 rings (SSSR count). The predicted molar refractivity (Wildman–Crippen MR) is 223 cm³/mol. The zero-order chi connectivity index (χ0) is 34.2.